The van der Waals surface area contributed by atoms with E-state index in [-0.39, 0.29) is 19.1 Å². The molecule has 0 saturated carbocycles. The molecule has 0 N–H and O–H groups in total. The number of rotatable bonds is 3. The second-order valence-corrected chi connectivity index (χ2v) is 2.55. The maximum absolute atomic E-state index is 12.9. The van der Waals surface area contributed by atoms with Crippen LogP contribution in [0.25, 0.3) is 0 Å². The number of halogens is 4. The lowest BCUT2D eigenvalue weighted by molar-refractivity contribution is 0.278. The Morgan fingerprint density at radius 1 is 1.13 bits per heavy atom. The minimum absolute atomic E-state index is 0.0851. The van der Waals surface area contributed by atoms with Gasteiger partial charge in [0.2, 0.25) is 11.6 Å². The van der Waals surface area contributed by atoms with E-state index >= 15 is 0 Å². The van der Waals surface area contributed by atoms with Crippen molar-refractivity contribution in [3.8, 4) is 11.8 Å². The molecule has 2 nitrogen and oxygen atoms in total. The van der Waals surface area contributed by atoms with E-state index in [2.05, 4.69) is 4.74 Å². The Bertz CT molecular complexity index is 387. The molecule has 0 aliphatic rings. The van der Waals surface area contributed by atoms with Gasteiger partial charge in [-0.3, -0.25) is 0 Å². The lowest BCUT2D eigenvalue weighted by Gasteiger charge is -2.07. The smallest absolute Gasteiger partial charge is 0.203 e. The van der Waals surface area contributed by atoms with Crippen molar-refractivity contribution in [2.75, 3.05) is 6.61 Å². The molecular weight excluding hydrogens is 214 g/mol. The molecule has 0 heterocycles. The highest BCUT2D eigenvalue weighted by atomic mass is 19.2. The highest BCUT2D eigenvalue weighted by Crippen LogP contribution is 2.26. The van der Waals surface area contributed by atoms with Gasteiger partial charge in [0.05, 0.1) is 12.5 Å². The second kappa shape index (κ2) is 4.64. The molecule has 0 amide bonds. The van der Waals surface area contributed by atoms with Gasteiger partial charge in [-0.1, -0.05) is 0 Å². The van der Waals surface area contributed by atoms with Crippen LogP contribution >= 0.6 is 0 Å². The highest BCUT2D eigenvalue weighted by Gasteiger charge is 2.20. The van der Waals surface area contributed by atoms with Gasteiger partial charge in [-0.2, -0.15) is 14.0 Å². The largest absolute Gasteiger partial charge is 0.486 e. The van der Waals surface area contributed by atoms with Crippen molar-refractivity contribution in [1.29, 1.82) is 5.26 Å². The zero-order valence-corrected chi connectivity index (χ0v) is 7.36. The predicted octanol–water partition coefficient (Wildman–Crippen LogP) is 2.54. The fourth-order valence-electron chi connectivity index (χ4n) is 0.877. The average Bonchev–Trinajstić information content (AvgIpc) is 2.20. The molecule has 0 aliphatic carbocycles. The fourth-order valence-corrected chi connectivity index (χ4v) is 0.877. The third kappa shape index (κ3) is 2.37. The number of benzene rings is 1. The first kappa shape index (κ1) is 11.3. The van der Waals surface area contributed by atoms with E-state index in [1.807, 2.05) is 0 Å². The summed E-state index contributed by atoms with van der Waals surface area (Å²) in [7, 11) is 0. The van der Waals surface area contributed by atoms with E-state index in [1.165, 1.54) is 0 Å². The van der Waals surface area contributed by atoms with Gasteiger partial charge in [0.15, 0.2) is 17.4 Å². The Labute approximate surface area is 82.7 Å². The van der Waals surface area contributed by atoms with E-state index in [1.54, 1.807) is 6.07 Å². The van der Waals surface area contributed by atoms with Gasteiger partial charge in [0.25, 0.3) is 0 Å². The van der Waals surface area contributed by atoms with Crippen LogP contribution in [0.5, 0.6) is 5.75 Å². The lowest BCUT2D eigenvalue weighted by Crippen LogP contribution is -2.04. The summed E-state index contributed by atoms with van der Waals surface area (Å²) < 4.78 is 55.4. The molecule has 6 heteroatoms. The summed E-state index contributed by atoms with van der Waals surface area (Å²) in [6, 6.07) is 1.73. The lowest BCUT2D eigenvalue weighted by atomic mass is 10.3. The van der Waals surface area contributed by atoms with Crippen LogP contribution in [0.3, 0.4) is 0 Å². The van der Waals surface area contributed by atoms with Gasteiger partial charge in [0.1, 0.15) is 6.61 Å². The first-order valence-electron chi connectivity index (χ1n) is 3.90. The quantitative estimate of drug-likeness (QED) is 0.444. The maximum Gasteiger partial charge on any atom is 0.203 e. The Morgan fingerprint density at radius 3 is 2.13 bits per heavy atom. The zero-order chi connectivity index (χ0) is 11.4. The molecule has 0 atom stereocenters. The van der Waals surface area contributed by atoms with Gasteiger partial charge < -0.3 is 4.74 Å². The van der Waals surface area contributed by atoms with Crippen molar-refractivity contribution in [2.24, 2.45) is 0 Å². The molecule has 0 radical (unpaired) electrons. The minimum atomic E-state index is -1.60. The molecule has 0 spiro atoms. The van der Waals surface area contributed by atoms with Gasteiger partial charge in [-0.05, 0) is 0 Å². The SMILES string of the molecule is N#CCCOc1c(F)c(F)cc(F)c1F. The molecule has 80 valence electrons. The van der Waals surface area contributed by atoms with Crippen molar-refractivity contribution in [1.82, 2.24) is 0 Å². The summed E-state index contributed by atoms with van der Waals surface area (Å²) >= 11 is 0. The molecule has 15 heavy (non-hydrogen) atoms. The van der Waals surface area contributed by atoms with Crippen molar-refractivity contribution >= 4 is 0 Å². The van der Waals surface area contributed by atoms with Gasteiger partial charge in [-0.15, -0.1) is 0 Å². The van der Waals surface area contributed by atoms with Gasteiger partial charge >= 0.3 is 0 Å². The number of hydrogen-bond acceptors (Lipinski definition) is 2. The Hall–Kier alpha value is -1.77. The van der Waals surface area contributed by atoms with Crippen molar-refractivity contribution in [3.05, 3.63) is 29.3 Å². The molecule has 0 saturated heterocycles. The standard InChI is InChI=1S/C9H5F4NO/c10-5-4-6(11)8(13)9(7(5)12)15-3-1-2-14/h4H,1,3H2. The Kier molecular flexibility index (Phi) is 3.50. The molecule has 1 aromatic carbocycles. The molecule has 1 aromatic rings. The molecule has 0 aliphatic heterocycles. The Balaban J connectivity index is 3.00. The van der Waals surface area contributed by atoms with Crippen LogP contribution in [-0.4, -0.2) is 6.61 Å². The summed E-state index contributed by atoms with van der Waals surface area (Å²) in [6.45, 7) is -0.340. The fraction of sp³-hybridized carbons (Fsp3) is 0.222. The third-order valence-electron chi connectivity index (χ3n) is 1.53. The molecule has 0 aromatic heterocycles. The average molecular weight is 219 g/mol. The number of nitriles is 1. The summed E-state index contributed by atoms with van der Waals surface area (Å²) in [6.07, 6.45) is -0.142. The van der Waals surface area contributed by atoms with Crippen LogP contribution in [-0.2, 0) is 0 Å². The van der Waals surface area contributed by atoms with Gasteiger partial charge in [0, 0.05) is 6.07 Å². The summed E-state index contributed by atoms with van der Waals surface area (Å²) in [5.74, 6) is -7.43. The summed E-state index contributed by atoms with van der Waals surface area (Å²) in [5.41, 5.74) is 0. The van der Waals surface area contributed by atoms with Crippen LogP contribution in [0.1, 0.15) is 6.42 Å². The van der Waals surface area contributed by atoms with Crippen molar-refractivity contribution < 1.29 is 22.3 Å². The van der Waals surface area contributed by atoms with Gasteiger partial charge in [-0.25, -0.2) is 8.78 Å². The normalized spacial score (nSPS) is 9.80. The zero-order valence-electron chi connectivity index (χ0n) is 7.36. The number of ether oxygens (including phenoxy) is 1. The number of nitrogens with zero attached hydrogens (tertiary/aromatic N) is 1. The van der Waals surface area contributed by atoms with Crippen LogP contribution in [0, 0.1) is 34.6 Å². The van der Waals surface area contributed by atoms with Crippen LogP contribution < -0.4 is 4.74 Å². The molecule has 0 fully saturated rings. The van der Waals surface area contributed by atoms with Crippen molar-refractivity contribution in [2.45, 2.75) is 6.42 Å². The summed E-state index contributed by atoms with van der Waals surface area (Å²) in [4.78, 5) is 0. The topological polar surface area (TPSA) is 33.0 Å². The van der Waals surface area contributed by atoms with Crippen LogP contribution in [0.15, 0.2) is 6.07 Å². The second-order valence-electron chi connectivity index (χ2n) is 2.55. The third-order valence-corrected chi connectivity index (χ3v) is 1.53. The number of hydrogen-bond donors (Lipinski definition) is 0. The highest BCUT2D eigenvalue weighted by molar-refractivity contribution is 5.28. The maximum atomic E-state index is 12.9. The molecule has 0 unspecified atom stereocenters. The molecule has 0 bridgehead atoms. The summed E-state index contributed by atoms with van der Waals surface area (Å²) in [5, 5.41) is 8.13. The van der Waals surface area contributed by atoms with Crippen molar-refractivity contribution in [3.63, 3.8) is 0 Å². The molecule has 1 rings (SSSR count). The van der Waals surface area contributed by atoms with E-state index in [4.69, 9.17) is 5.26 Å². The molecular formula is C9H5F4NO. The minimum Gasteiger partial charge on any atom is -0.486 e. The van der Waals surface area contributed by atoms with E-state index in [0.29, 0.717) is 0 Å². The van der Waals surface area contributed by atoms with E-state index in [0.717, 1.165) is 0 Å². The predicted molar refractivity (Wildman–Crippen MR) is 42.0 cm³/mol. The van der Waals surface area contributed by atoms with Crippen LogP contribution in [0.2, 0.25) is 0 Å². The Morgan fingerprint density at radius 2 is 1.67 bits per heavy atom. The van der Waals surface area contributed by atoms with E-state index in [9.17, 15) is 17.6 Å². The van der Waals surface area contributed by atoms with E-state index < -0.39 is 29.0 Å². The first-order valence-corrected chi connectivity index (χ1v) is 3.90. The first-order chi connectivity index (χ1) is 7.07. The monoisotopic (exact) mass is 219 g/mol. The van der Waals surface area contributed by atoms with Crippen LogP contribution in [0.4, 0.5) is 17.6 Å².